The van der Waals surface area contributed by atoms with E-state index < -0.39 is 6.10 Å². The van der Waals surface area contributed by atoms with E-state index in [2.05, 4.69) is 6.08 Å². The Balaban J connectivity index is 1.64. The molecule has 0 saturated carbocycles. The molecule has 0 unspecified atom stereocenters. The van der Waals surface area contributed by atoms with Crippen molar-refractivity contribution < 1.29 is 14.6 Å². The summed E-state index contributed by atoms with van der Waals surface area (Å²) in [5, 5.41) is 10.4. The van der Waals surface area contributed by atoms with Crippen LogP contribution in [0.4, 0.5) is 0 Å². The van der Waals surface area contributed by atoms with Gasteiger partial charge in [0.15, 0.2) is 0 Å². The summed E-state index contributed by atoms with van der Waals surface area (Å²) in [5.74, 6) is 0. The summed E-state index contributed by atoms with van der Waals surface area (Å²) in [6.45, 7) is 0.982. The van der Waals surface area contributed by atoms with Crippen molar-refractivity contribution in [2.24, 2.45) is 0 Å². The van der Waals surface area contributed by atoms with Crippen molar-refractivity contribution in [3.8, 4) is 0 Å². The van der Waals surface area contributed by atoms with Crippen LogP contribution in [-0.4, -0.2) is 23.4 Å². The second-order valence-electron chi connectivity index (χ2n) is 6.10. The minimum Gasteiger partial charge on any atom is -0.390 e. The molecule has 0 bridgehead atoms. The average Bonchev–Trinajstić information content (AvgIpc) is 2.81. The van der Waals surface area contributed by atoms with E-state index >= 15 is 0 Å². The molecule has 0 fully saturated rings. The Bertz CT molecular complexity index is 624. The van der Waals surface area contributed by atoms with Crippen LogP contribution < -0.4 is 0 Å². The van der Waals surface area contributed by atoms with Gasteiger partial charge in [-0.05, 0) is 24.0 Å². The smallest absolute Gasteiger partial charge is 0.113 e. The van der Waals surface area contributed by atoms with Crippen LogP contribution >= 0.6 is 0 Å². The molecule has 0 spiro atoms. The summed E-state index contributed by atoms with van der Waals surface area (Å²) in [6.07, 6.45) is 4.52. The molecule has 24 heavy (non-hydrogen) atoms. The van der Waals surface area contributed by atoms with Gasteiger partial charge in [-0.2, -0.15) is 0 Å². The maximum absolute atomic E-state index is 10.4. The summed E-state index contributed by atoms with van der Waals surface area (Å²) in [7, 11) is 0. The Kier molecular flexibility index (Phi) is 6.19. The number of allylic oxidation sites excluding steroid dienone is 1. The topological polar surface area (TPSA) is 38.7 Å². The first-order valence-electron chi connectivity index (χ1n) is 8.49. The minimum absolute atomic E-state index is 0.244. The van der Waals surface area contributed by atoms with Crippen LogP contribution in [0.25, 0.3) is 0 Å². The van der Waals surface area contributed by atoms with Crippen LogP contribution in [0.3, 0.4) is 0 Å². The van der Waals surface area contributed by atoms with Gasteiger partial charge in [-0.15, -0.1) is 0 Å². The highest BCUT2D eigenvalue weighted by Crippen LogP contribution is 2.21. The zero-order valence-corrected chi connectivity index (χ0v) is 13.8. The number of ether oxygens (including phenoxy) is 2. The third-order valence-electron chi connectivity index (χ3n) is 4.23. The van der Waals surface area contributed by atoms with Crippen molar-refractivity contribution in [1.82, 2.24) is 0 Å². The molecule has 2 aromatic carbocycles. The first-order chi connectivity index (χ1) is 11.8. The molecule has 0 aromatic heterocycles. The summed E-state index contributed by atoms with van der Waals surface area (Å²) < 4.78 is 12.1. The highest BCUT2D eigenvalue weighted by atomic mass is 16.5. The van der Waals surface area contributed by atoms with Crippen LogP contribution in [0.2, 0.25) is 0 Å². The highest BCUT2D eigenvalue weighted by molar-refractivity contribution is 5.15. The van der Waals surface area contributed by atoms with E-state index in [0.29, 0.717) is 19.6 Å². The molecule has 2 aromatic rings. The van der Waals surface area contributed by atoms with Gasteiger partial charge in [0, 0.05) is 0 Å². The monoisotopic (exact) mass is 324 g/mol. The van der Waals surface area contributed by atoms with E-state index in [-0.39, 0.29) is 12.2 Å². The van der Waals surface area contributed by atoms with Crippen LogP contribution in [-0.2, 0) is 22.7 Å². The fraction of sp³-hybridized carbons (Fsp3) is 0.333. The SMILES string of the molecule is O[C@@H]1CCC=C[C@@H](OCc2ccccc2)[C@@H]1OCc1ccccc1. The van der Waals surface area contributed by atoms with E-state index in [0.717, 1.165) is 17.5 Å². The van der Waals surface area contributed by atoms with Crippen molar-refractivity contribution >= 4 is 0 Å². The van der Waals surface area contributed by atoms with Crippen LogP contribution in [0.1, 0.15) is 24.0 Å². The molecule has 0 aliphatic heterocycles. The summed E-state index contributed by atoms with van der Waals surface area (Å²) in [5.41, 5.74) is 2.21. The molecule has 1 N–H and O–H groups in total. The Morgan fingerprint density at radius 1 is 0.833 bits per heavy atom. The minimum atomic E-state index is -0.524. The Labute approximate surface area is 143 Å². The summed E-state index contributed by atoms with van der Waals surface area (Å²) >= 11 is 0. The molecule has 0 saturated heterocycles. The van der Waals surface area contributed by atoms with Crippen LogP contribution in [0.5, 0.6) is 0 Å². The zero-order valence-electron chi connectivity index (χ0n) is 13.8. The normalized spacial score (nSPS) is 23.8. The molecule has 1 aliphatic carbocycles. The van der Waals surface area contributed by atoms with E-state index in [1.165, 1.54) is 0 Å². The van der Waals surface area contributed by atoms with Crippen molar-refractivity contribution in [1.29, 1.82) is 0 Å². The number of hydrogen-bond acceptors (Lipinski definition) is 3. The Morgan fingerprint density at radius 3 is 2.04 bits per heavy atom. The number of rotatable bonds is 6. The number of aliphatic hydroxyl groups is 1. The number of hydrogen-bond donors (Lipinski definition) is 1. The van der Waals surface area contributed by atoms with Crippen molar-refractivity contribution in [2.45, 2.75) is 44.4 Å². The molecule has 126 valence electrons. The standard InChI is InChI=1S/C21H24O3/c22-19-13-7-8-14-20(23-15-17-9-3-1-4-10-17)21(19)24-16-18-11-5-2-6-12-18/h1-6,8-12,14,19-22H,7,13,15-16H2/t19-,20-,21-/m1/s1. The Hall–Kier alpha value is -1.94. The van der Waals surface area contributed by atoms with E-state index in [1.54, 1.807) is 0 Å². The fourth-order valence-electron chi connectivity index (χ4n) is 2.88. The highest BCUT2D eigenvalue weighted by Gasteiger charge is 2.30. The van der Waals surface area contributed by atoms with Gasteiger partial charge in [-0.25, -0.2) is 0 Å². The molecular formula is C21H24O3. The van der Waals surface area contributed by atoms with Crippen LogP contribution in [0, 0.1) is 0 Å². The molecule has 1 aliphatic rings. The van der Waals surface area contributed by atoms with Gasteiger partial charge < -0.3 is 14.6 Å². The van der Waals surface area contributed by atoms with Gasteiger partial charge in [-0.3, -0.25) is 0 Å². The zero-order chi connectivity index (χ0) is 16.6. The molecular weight excluding hydrogens is 300 g/mol. The predicted molar refractivity (Wildman–Crippen MR) is 94.4 cm³/mol. The van der Waals surface area contributed by atoms with Crippen molar-refractivity contribution in [2.75, 3.05) is 0 Å². The molecule has 3 heteroatoms. The van der Waals surface area contributed by atoms with E-state index in [1.807, 2.05) is 66.7 Å². The maximum atomic E-state index is 10.4. The quantitative estimate of drug-likeness (QED) is 0.820. The van der Waals surface area contributed by atoms with Gasteiger partial charge in [0.25, 0.3) is 0 Å². The lowest BCUT2D eigenvalue weighted by Gasteiger charge is -2.28. The van der Waals surface area contributed by atoms with Gasteiger partial charge in [-0.1, -0.05) is 72.8 Å². The molecule has 3 nitrogen and oxygen atoms in total. The van der Waals surface area contributed by atoms with Gasteiger partial charge in [0.2, 0.25) is 0 Å². The van der Waals surface area contributed by atoms with Crippen molar-refractivity contribution in [3.63, 3.8) is 0 Å². The molecule has 0 amide bonds. The van der Waals surface area contributed by atoms with E-state index in [9.17, 15) is 5.11 Å². The second kappa shape index (κ2) is 8.78. The first kappa shape index (κ1) is 16.9. The lowest BCUT2D eigenvalue weighted by atomic mass is 10.1. The largest absolute Gasteiger partial charge is 0.390 e. The van der Waals surface area contributed by atoms with Crippen LogP contribution in [0.15, 0.2) is 72.8 Å². The molecule has 3 atom stereocenters. The van der Waals surface area contributed by atoms with Crippen molar-refractivity contribution in [3.05, 3.63) is 83.9 Å². The molecule has 0 radical (unpaired) electrons. The van der Waals surface area contributed by atoms with Gasteiger partial charge in [0.1, 0.15) is 12.2 Å². The fourth-order valence-corrected chi connectivity index (χ4v) is 2.88. The summed E-state index contributed by atoms with van der Waals surface area (Å²) in [4.78, 5) is 0. The second-order valence-corrected chi connectivity index (χ2v) is 6.10. The first-order valence-corrected chi connectivity index (χ1v) is 8.49. The van der Waals surface area contributed by atoms with Gasteiger partial charge >= 0.3 is 0 Å². The lowest BCUT2D eigenvalue weighted by molar-refractivity contribution is -0.115. The van der Waals surface area contributed by atoms with Gasteiger partial charge in [0.05, 0.1) is 19.3 Å². The predicted octanol–water partition coefficient (Wildman–Crippen LogP) is 3.87. The van der Waals surface area contributed by atoms with E-state index in [4.69, 9.17) is 9.47 Å². The third kappa shape index (κ3) is 4.78. The molecule has 0 heterocycles. The average molecular weight is 324 g/mol. The Morgan fingerprint density at radius 2 is 1.42 bits per heavy atom. The number of aliphatic hydroxyl groups excluding tert-OH is 1. The third-order valence-corrected chi connectivity index (χ3v) is 4.23. The lowest BCUT2D eigenvalue weighted by Crippen LogP contribution is -2.39. The molecule has 3 rings (SSSR count). The maximum Gasteiger partial charge on any atom is 0.113 e. The summed E-state index contributed by atoms with van der Waals surface area (Å²) in [6, 6.07) is 20.1. The number of benzene rings is 2.